The van der Waals surface area contributed by atoms with Crippen LogP contribution in [-0.2, 0) is 0 Å². The Kier molecular flexibility index (Phi) is 3.25. The molecule has 1 heterocycles. The van der Waals surface area contributed by atoms with E-state index in [0.717, 1.165) is 22.2 Å². The number of aromatic nitrogens is 1. The highest BCUT2D eigenvalue weighted by Gasteiger charge is 2.12. The molecular weight excluding hydrogens is 250 g/mol. The van der Waals surface area contributed by atoms with Crippen molar-refractivity contribution in [2.75, 3.05) is 14.2 Å². The average molecular weight is 265 g/mol. The van der Waals surface area contributed by atoms with Crippen LogP contribution in [0.3, 0.4) is 0 Å². The Labute approximate surface area is 117 Å². The molecule has 0 aliphatic rings. The van der Waals surface area contributed by atoms with Gasteiger partial charge in [-0.1, -0.05) is 30.3 Å². The first-order chi connectivity index (χ1) is 9.83. The Morgan fingerprint density at radius 3 is 2.45 bits per heavy atom. The van der Waals surface area contributed by atoms with Crippen LogP contribution in [0.1, 0.15) is 0 Å². The van der Waals surface area contributed by atoms with E-state index >= 15 is 0 Å². The number of para-hydroxylation sites is 2. The molecule has 100 valence electrons. The summed E-state index contributed by atoms with van der Waals surface area (Å²) in [6, 6.07) is 17.9. The second kappa shape index (κ2) is 5.21. The summed E-state index contributed by atoms with van der Waals surface area (Å²) in [5.41, 5.74) is 2.77. The molecule has 20 heavy (non-hydrogen) atoms. The standard InChI is InChI=1S/C17H15NO2/c1-19-16-9-5-7-13(17(16)20-2)15-11-10-12-6-3-4-8-14(12)18-15/h3-11H,1-2H3. The molecule has 0 aliphatic carbocycles. The molecule has 0 saturated heterocycles. The number of hydrogen-bond donors (Lipinski definition) is 0. The van der Waals surface area contributed by atoms with E-state index in [9.17, 15) is 0 Å². The van der Waals surface area contributed by atoms with Crippen LogP contribution in [0.5, 0.6) is 11.5 Å². The molecule has 3 nitrogen and oxygen atoms in total. The molecule has 0 fully saturated rings. The van der Waals surface area contributed by atoms with E-state index < -0.39 is 0 Å². The van der Waals surface area contributed by atoms with E-state index in [1.807, 2.05) is 42.5 Å². The van der Waals surface area contributed by atoms with E-state index in [0.29, 0.717) is 11.5 Å². The van der Waals surface area contributed by atoms with E-state index in [2.05, 4.69) is 12.1 Å². The van der Waals surface area contributed by atoms with E-state index in [-0.39, 0.29) is 0 Å². The SMILES string of the molecule is COc1cccc(-c2ccc3ccccc3n2)c1OC. The predicted octanol–water partition coefficient (Wildman–Crippen LogP) is 3.92. The van der Waals surface area contributed by atoms with Gasteiger partial charge >= 0.3 is 0 Å². The first kappa shape index (κ1) is 12.5. The fourth-order valence-corrected chi connectivity index (χ4v) is 2.30. The molecular formula is C17H15NO2. The second-order valence-electron chi connectivity index (χ2n) is 4.43. The fourth-order valence-electron chi connectivity index (χ4n) is 2.30. The number of rotatable bonds is 3. The molecule has 1 aromatic heterocycles. The average Bonchev–Trinajstić information content (AvgIpc) is 2.53. The van der Waals surface area contributed by atoms with Crippen molar-refractivity contribution in [3.8, 4) is 22.8 Å². The van der Waals surface area contributed by atoms with Gasteiger partial charge in [-0.2, -0.15) is 0 Å². The number of hydrogen-bond acceptors (Lipinski definition) is 3. The van der Waals surface area contributed by atoms with Crippen LogP contribution >= 0.6 is 0 Å². The largest absolute Gasteiger partial charge is 0.493 e. The highest BCUT2D eigenvalue weighted by atomic mass is 16.5. The minimum absolute atomic E-state index is 0.706. The lowest BCUT2D eigenvalue weighted by molar-refractivity contribution is 0.356. The molecule has 0 unspecified atom stereocenters. The summed E-state index contributed by atoms with van der Waals surface area (Å²) < 4.78 is 10.8. The minimum atomic E-state index is 0.706. The molecule has 3 rings (SSSR count). The van der Waals surface area contributed by atoms with Crippen LogP contribution < -0.4 is 9.47 Å². The predicted molar refractivity (Wildman–Crippen MR) is 80.3 cm³/mol. The van der Waals surface area contributed by atoms with Crippen molar-refractivity contribution < 1.29 is 9.47 Å². The van der Waals surface area contributed by atoms with Crippen LogP contribution in [0.15, 0.2) is 54.6 Å². The Bertz CT molecular complexity index is 753. The first-order valence-corrected chi connectivity index (χ1v) is 6.40. The van der Waals surface area contributed by atoms with Crippen molar-refractivity contribution >= 4 is 10.9 Å². The minimum Gasteiger partial charge on any atom is -0.493 e. The Morgan fingerprint density at radius 2 is 1.65 bits per heavy atom. The Morgan fingerprint density at radius 1 is 0.800 bits per heavy atom. The van der Waals surface area contributed by atoms with Gasteiger partial charge in [-0.05, 0) is 24.3 Å². The number of ether oxygens (including phenoxy) is 2. The van der Waals surface area contributed by atoms with Gasteiger partial charge in [0.15, 0.2) is 11.5 Å². The third kappa shape index (κ3) is 2.07. The van der Waals surface area contributed by atoms with Gasteiger partial charge in [0.2, 0.25) is 0 Å². The lowest BCUT2D eigenvalue weighted by atomic mass is 10.1. The molecule has 0 spiro atoms. The van der Waals surface area contributed by atoms with Crippen molar-refractivity contribution in [3.63, 3.8) is 0 Å². The zero-order valence-electron chi connectivity index (χ0n) is 11.5. The summed E-state index contributed by atoms with van der Waals surface area (Å²) in [6.45, 7) is 0. The van der Waals surface area contributed by atoms with Crippen molar-refractivity contribution in [1.29, 1.82) is 0 Å². The van der Waals surface area contributed by atoms with E-state index in [1.54, 1.807) is 14.2 Å². The summed E-state index contributed by atoms with van der Waals surface area (Å²) in [4.78, 5) is 4.69. The molecule has 0 aliphatic heterocycles. The molecule has 0 bridgehead atoms. The molecule has 3 heteroatoms. The third-order valence-corrected chi connectivity index (χ3v) is 3.28. The number of benzene rings is 2. The summed E-state index contributed by atoms with van der Waals surface area (Å²) in [5.74, 6) is 1.41. The molecule has 0 N–H and O–H groups in total. The van der Waals surface area contributed by atoms with Crippen molar-refractivity contribution in [1.82, 2.24) is 4.98 Å². The van der Waals surface area contributed by atoms with Gasteiger partial charge in [-0.3, -0.25) is 0 Å². The van der Waals surface area contributed by atoms with Gasteiger partial charge in [-0.15, -0.1) is 0 Å². The highest BCUT2D eigenvalue weighted by molar-refractivity contribution is 5.83. The van der Waals surface area contributed by atoms with E-state index in [4.69, 9.17) is 14.5 Å². The number of nitrogens with zero attached hydrogens (tertiary/aromatic N) is 1. The molecule has 2 aromatic carbocycles. The van der Waals surface area contributed by atoms with Gasteiger partial charge in [-0.25, -0.2) is 4.98 Å². The van der Waals surface area contributed by atoms with Crippen LogP contribution in [0.4, 0.5) is 0 Å². The smallest absolute Gasteiger partial charge is 0.170 e. The monoisotopic (exact) mass is 265 g/mol. The number of pyridine rings is 1. The summed E-state index contributed by atoms with van der Waals surface area (Å²) in [7, 11) is 3.28. The normalized spacial score (nSPS) is 10.5. The van der Waals surface area contributed by atoms with Gasteiger partial charge in [0.05, 0.1) is 25.4 Å². The van der Waals surface area contributed by atoms with Gasteiger partial charge in [0.1, 0.15) is 0 Å². The quantitative estimate of drug-likeness (QED) is 0.719. The lowest BCUT2D eigenvalue weighted by Crippen LogP contribution is -1.94. The second-order valence-corrected chi connectivity index (χ2v) is 4.43. The van der Waals surface area contributed by atoms with Crippen molar-refractivity contribution in [3.05, 3.63) is 54.6 Å². The number of fused-ring (bicyclic) bond motifs is 1. The summed E-state index contributed by atoms with van der Waals surface area (Å²) in [6.07, 6.45) is 0. The number of methoxy groups -OCH3 is 2. The summed E-state index contributed by atoms with van der Waals surface area (Å²) in [5, 5.41) is 1.12. The summed E-state index contributed by atoms with van der Waals surface area (Å²) >= 11 is 0. The zero-order chi connectivity index (χ0) is 13.9. The van der Waals surface area contributed by atoms with Crippen LogP contribution in [0.25, 0.3) is 22.2 Å². The van der Waals surface area contributed by atoms with Crippen LogP contribution in [-0.4, -0.2) is 19.2 Å². The molecule has 0 atom stereocenters. The topological polar surface area (TPSA) is 31.4 Å². The van der Waals surface area contributed by atoms with Crippen LogP contribution in [0.2, 0.25) is 0 Å². The van der Waals surface area contributed by atoms with E-state index in [1.165, 1.54) is 0 Å². The van der Waals surface area contributed by atoms with Gasteiger partial charge in [0, 0.05) is 10.9 Å². The third-order valence-electron chi connectivity index (χ3n) is 3.28. The molecule has 0 amide bonds. The first-order valence-electron chi connectivity index (χ1n) is 6.40. The Balaban J connectivity index is 2.20. The molecule has 3 aromatic rings. The molecule has 0 saturated carbocycles. The van der Waals surface area contributed by atoms with Gasteiger partial charge in [0.25, 0.3) is 0 Å². The fraction of sp³-hybridized carbons (Fsp3) is 0.118. The van der Waals surface area contributed by atoms with Crippen molar-refractivity contribution in [2.24, 2.45) is 0 Å². The Hall–Kier alpha value is -2.55. The van der Waals surface area contributed by atoms with Crippen LogP contribution in [0, 0.1) is 0 Å². The maximum Gasteiger partial charge on any atom is 0.170 e. The van der Waals surface area contributed by atoms with Crippen molar-refractivity contribution in [2.45, 2.75) is 0 Å². The maximum atomic E-state index is 5.47. The maximum absolute atomic E-state index is 5.47. The molecule has 0 radical (unpaired) electrons. The lowest BCUT2D eigenvalue weighted by Gasteiger charge is -2.12. The highest BCUT2D eigenvalue weighted by Crippen LogP contribution is 2.37. The zero-order valence-corrected chi connectivity index (χ0v) is 11.5. The van der Waals surface area contributed by atoms with Gasteiger partial charge < -0.3 is 9.47 Å².